The molecule has 2 heterocycles. The van der Waals surface area contributed by atoms with Crippen molar-refractivity contribution < 1.29 is 24.9 Å². The highest BCUT2D eigenvalue weighted by Gasteiger charge is 2.36. The molecule has 17 heavy (non-hydrogen) atoms. The predicted octanol–water partition coefficient (Wildman–Crippen LogP) is -1.67. The molecular weight excluding hydrogens is 230 g/mol. The highest BCUT2D eigenvalue weighted by atomic mass is 16.5. The molecule has 0 aliphatic carbocycles. The predicted molar refractivity (Wildman–Crippen MR) is 54.0 cm³/mol. The molecule has 94 valence electrons. The lowest BCUT2D eigenvalue weighted by Gasteiger charge is -2.13. The molecule has 1 aromatic heterocycles. The first-order valence-corrected chi connectivity index (χ1v) is 5.04. The number of aromatic nitrogens is 2. The smallest absolute Gasteiger partial charge is 0.272 e. The van der Waals surface area contributed by atoms with Crippen molar-refractivity contribution in [3.05, 3.63) is 12.0 Å². The van der Waals surface area contributed by atoms with Crippen molar-refractivity contribution in [3.8, 4) is 5.88 Å². The van der Waals surface area contributed by atoms with E-state index in [2.05, 4.69) is 4.98 Å². The molecule has 0 spiro atoms. The van der Waals surface area contributed by atoms with Crippen molar-refractivity contribution >= 4 is 5.91 Å². The normalized spacial score (nSPS) is 28.5. The Hall–Kier alpha value is -1.64. The van der Waals surface area contributed by atoms with Gasteiger partial charge in [0.05, 0.1) is 12.7 Å². The summed E-state index contributed by atoms with van der Waals surface area (Å²) in [7, 11) is 0. The second-order valence-electron chi connectivity index (χ2n) is 3.80. The van der Waals surface area contributed by atoms with Gasteiger partial charge in [0.1, 0.15) is 18.7 Å². The average molecular weight is 243 g/mol. The standard InChI is InChI=1S/C9H13N3O5/c10-8(15)7-9(16)12(3-11-7)6-1-4(14)5(2-13)17-6/h3-6,13-14,16H,1-2H2,(H2,10,15)/t4-,5+,6+/m0/s1. The van der Waals surface area contributed by atoms with E-state index in [0.717, 1.165) is 0 Å². The number of primary amides is 1. The van der Waals surface area contributed by atoms with Gasteiger partial charge >= 0.3 is 0 Å². The Morgan fingerprint density at radius 3 is 2.88 bits per heavy atom. The molecule has 1 fully saturated rings. The molecule has 5 N–H and O–H groups in total. The molecule has 8 heteroatoms. The minimum Gasteiger partial charge on any atom is -0.493 e. The van der Waals surface area contributed by atoms with Crippen LogP contribution in [0.15, 0.2) is 6.33 Å². The second-order valence-corrected chi connectivity index (χ2v) is 3.80. The van der Waals surface area contributed by atoms with Crippen LogP contribution in [0.25, 0.3) is 0 Å². The molecule has 0 unspecified atom stereocenters. The molecule has 0 saturated carbocycles. The molecule has 0 aromatic carbocycles. The maximum absolute atomic E-state index is 10.9. The number of aromatic hydroxyl groups is 1. The fourth-order valence-corrected chi connectivity index (χ4v) is 1.79. The Labute approximate surface area is 96.3 Å². The van der Waals surface area contributed by atoms with Crippen LogP contribution in [-0.4, -0.2) is 49.6 Å². The number of carbonyl (C=O) groups is 1. The van der Waals surface area contributed by atoms with Crippen LogP contribution in [0.4, 0.5) is 0 Å². The van der Waals surface area contributed by atoms with E-state index < -0.39 is 30.2 Å². The van der Waals surface area contributed by atoms with Crippen LogP contribution < -0.4 is 5.73 Å². The van der Waals surface area contributed by atoms with Gasteiger partial charge in [-0.1, -0.05) is 0 Å². The number of ether oxygens (including phenoxy) is 1. The van der Waals surface area contributed by atoms with Crippen LogP contribution in [-0.2, 0) is 4.74 Å². The summed E-state index contributed by atoms with van der Waals surface area (Å²) in [6.07, 6.45) is -0.828. The van der Waals surface area contributed by atoms with Crippen LogP contribution in [0.2, 0.25) is 0 Å². The van der Waals surface area contributed by atoms with Crippen LogP contribution in [0.3, 0.4) is 0 Å². The Balaban J connectivity index is 2.22. The van der Waals surface area contributed by atoms with Crippen molar-refractivity contribution in [2.75, 3.05) is 6.61 Å². The van der Waals surface area contributed by atoms with Crippen molar-refractivity contribution in [1.82, 2.24) is 9.55 Å². The molecule has 1 saturated heterocycles. The van der Waals surface area contributed by atoms with Gasteiger partial charge in [0.15, 0.2) is 5.69 Å². The molecule has 8 nitrogen and oxygen atoms in total. The maximum atomic E-state index is 10.9. The third kappa shape index (κ3) is 1.97. The molecule has 1 aliphatic heterocycles. The third-order valence-corrected chi connectivity index (χ3v) is 2.70. The minimum atomic E-state index is -0.849. The molecule has 1 aliphatic rings. The summed E-state index contributed by atoms with van der Waals surface area (Å²) in [5.74, 6) is -1.26. The topological polar surface area (TPSA) is 131 Å². The van der Waals surface area contributed by atoms with Gasteiger partial charge in [0.2, 0.25) is 5.88 Å². The Morgan fingerprint density at radius 1 is 1.71 bits per heavy atom. The zero-order chi connectivity index (χ0) is 12.6. The fourth-order valence-electron chi connectivity index (χ4n) is 1.79. The molecule has 0 radical (unpaired) electrons. The van der Waals surface area contributed by atoms with Crippen LogP contribution in [0.1, 0.15) is 23.1 Å². The zero-order valence-corrected chi connectivity index (χ0v) is 8.85. The van der Waals surface area contributed by atoms with Gasteiger partial charge in [-0.2, -0.15) is 0 Å². The number of carbonyl (C=O) groups excluding carboxylic acids is 1. The number of amides is 1. The summed E-state index contributed by atoms with van der Waals surface area (Å²) in [5, 5.41) is 28.1. The molecule has 3 atom stereocenters. The van der Waals surface area contributed by atoms with Crippen molar-refractivity contribution in [3.63, 3.8) is 0 Å². The quantitative estimate of drug-likeness (QED) is 0.502. The van der Waals surface area contributed by atoms with Gasteiger partial charge in [0.25, 0.3) is 5.91 Å². The molecule has 2 rings (SSSR count). The Morgan fingerprint density at radius 2 is 2.41 bits per heavy atom. The zero-order valence-electron chi connectivity index (χ0n) is 8.85. The molecule has 1 amide bonds. The van der Waals surface area contributed by atoms with Crippen molar-refractivity contribution in [2.45, 2.75) is 24.9 Å². The fraction of sp³-hybridized carbons (Fsp3) is 0.556. The second kappa shape index (κ2) is 4.32. The van der Waals surface area contributed by atoms with Crippen LogP contribution in [0.5, 0.6) is 5.88 Å². The largest absolute Gasteiger partial charge is 0.493 e. The number of imidazole rings is 1. The van der Waals surface area contributed by atoms with Crippen molar-refractivity contribution in [2.24, 2.45) is 5.73 Å². The lowest BCUT2D eigenvalue weighted by atomic mass is 10.2. The lowest BCUT2D eigenvalue weighted by Crippen LogP contribution is -2.24. The summed E-state index contributed by atoms with van der Waals surface area (Å²) in [4.78, 5) is 14.5. The van der Waals surface area contributed by atoms with Gasteiger partial charge in [-0.15, -0.1) is 0 Å². The monoisotopic (exact) mass is 243 g/mol. The van der Waals surface area contributed by atoms with Crippen LogP contribution >= 0.6 is 0 Å². The minimum absolute atomic E-state index is 0.188. The summed E-state index contributed by atoms with van der Waals surface area (Å²) < 4.78 is 6.49. The number of aliphatic hydroxyl groups excluding tert-OH is 2. The van der Waals surface area contributed by atoms with Crippen LogP contribution in [0, 0.1) is 0 Å². The summed E-state index contributed by atoms with van der Waals surface area (Å²) >= 11 is 0. The number of hydrogen-bond acceptors (Lipinski definition) is 6. The first kappa shape index (κ1) is 11.8. The Bertz CT molecular complexity index is 432. The summed E-state index contributed by atoms with van der Waals surface area (Å²) in [6, 6.07) is 0. The van der Waals surface area contributed by atoms with E-state index in [1.54, 1.807) is 0 Å². The number of nitrogens with zero attached hydrogens (tertiary/aromatic N) is 2. The van der Waals surface area contributed by atoms with E-state index in [1.165, 1.54) is 10.9 Å². The van der Waals surface area contributed by atoms with Gasteiger partial charge in [-0.3, -0.25) is 9.36 Å². The number of nitrogens with two attached hydrogens (primary N) is 1. The Kier molecular flexibility index (Phi) is 3.01. The van der Waals surface area contributed by atoms with E-state index in [4.69, 9.17) is 15.6 Å². The van der Waals surface area contributed by atoms with Gasteiger partial charge in [-0.05, 0) is 0 Å². The number of aliphatic hydroxyl groups is 2. The first-order valence-electron chi connectivity index (χ1n) is 5.04. The number of hydrogen-bond donors (Lipinski definition) is 4. The van der Waals surface area contributed by atoms with E-state index >= 15 is 0 Å². The first-order chi connectivity index (χ1) is 8.04. The van der Waals surface area contributed by atoms with Gasteiger partial charge in [-0.25, -0.2) is 4.98 Å². The molecule has 0 bridgehead atoms. The summed E-state index contributed by atoms with van der Waals surface area (Å²) in [5.41, 5.74) is 4.75. The van der Waals surface area contributed by atoms with E-state index in [-0.39, 0.29) is 18.7 Å². The van der Waals surface area contributed by atoms with E-state index in [9.17, 15) is 15.0 Å². The number of rotatable bonds is 3. The van der Waals surface area contributed by atoms with Gasteiger partial charge in [0, 0.05) is 6.42 Å². The maximum Gasteiger partial charge on any atom is 0.272 e. The average Bonchev–Trinajstić information content (AvgIpc) is 2.81. The molecular formula is C9H13N3O5. The highest BCUT2D eigenvalue weighted by molar-refractivity contribution is 5.92. The summed E-state index contributed by atoms with van der Waals surface area (Å²) in [6.45, 7) is -0.324. The molecule has 1 aromatic rings. The third-order valence-electron chi connectivity index (χ3n) is 2.70. The van der Waals surface area contributed by atoms with Crippen molar-refractivity contribution in [1.29, 1.82) is 0 Å². The SMILES string of the molecule is NC(=O)c1ncn([C@H]2C[C@H](O)[C@@H](CO)O2)c1O. The van der Waals surface area contributed by atoms with E-state index in [0.29, 0.717) is 0 Å². The van der Waals surface area contributed by atoms with Gasteiger partial charge < -0.3 is 25.8 Å². The highest BCUT2D eigenvalue weighted by Crippen LogP contribution is 2.32. The van der Waals surface area contributed by atoms with E-state index in [1.807, 2.05) is 0 Å². The lowest BCUT2D eigenvalue weighted by molar-refractivity contribution is -0.0461.